The number of aliphatic hydroxyl groups excluding tert-OH is 3. The largest absolute Gasteiger partial charge is 0.394 e. The topological polar surface area (TPSA) is 350 Å². The summed E-state index contributed by atoms with van der Waals surface area (Å²) in [6.07, 6.45) is 11.8. The molecule has 0 unspecified atom stereocenters. The molecule has 27 nitrogen and oxygen atoms in total. The molecule has 12 heterocycles. The third-order valence-electron chi connectivity index (χ3n) is 21.2. The van der Waals surface area contributed by atoms with E-state index in [-0.39, 0.29) is 77.7 Å². The summed E-state index contributed by atoms with van der Waals surface area (Å²) >= 11 is 36.0. The van der Waals surface area contributed by atoms with E-state index in [9.17, 15) is 44.1 Å². The van der Waals surface area contributed by atoms with Crippen LogP contribution in [-0.2, 0) is 47.9 Å². The van der Waals surface area contributed by atoms with Crippen molar-refractivity contribution in [1.82, 2.24) is 60.6 Å². The van der Waals surface area contributed by atoms with Crippen LogP contribution in [0.2, 0.25) is 25.1 Å². The second-order valence-corrected chi connectivity index (χ2v) is 34.6. The lowest BCUT2D eigenvalue weighted by Crippen LogP contribution is -2.51. The quantitative estimate of drug-likeness (QED) is 0.0271. The maximum atomic E-state index is 13.5. The molecule has 3 saturated heterocycles. The molecule has 9 N–H and O–H groups in total. The average Bonchev–Trinajstić information content (AvgIpc) is 1.63. The predicted molar refractivity (Wildman–Crippen MR) is 460 cm³/mol. The zero-order chi connectivity index (χ0) is 82.6. The summed E-state index contributed by atoms with van der Waals surface area (Å²) in [5, 5.41) is 50.6. The Morgan fingerprint density at radius 2 is 0.744 bits per heavy atom. The lowest BCUT2D eigenvalue weighted by atomic mass is 10.0. The van der Waals surface area contributed by atoms with E-state index in [1.807, 2.05) is 37.3 Å². The first-order chi connectivity index (χ1) is 56.5. The molecule has 9 aromatic rings. The summed E-state index contributed by atoms with van der Waals surface area (Å²) in [5.74, 6) is -0.210. The number of hydrogen-bond donors (Lipinski definition) is 9. The molecule has 624 valence electrons. The molecule has 0 aliphatic carbocycles. The molecular formula is C82H96Cl5N15O12S3. The first kappa shape index (κ1) is 86.3. The highest BCUT2D eigenvalue weighted by Gasteiger charge is 2.39. The summed E-state index contributed by atoms with van der Waals surface area (Å²) in [7, 11) is 0. The van der Waals surface area contributed by atoms with Crippen molar-refractivity contribution >= 4 is 145 Å². The van der Waals surface area contributed by atoms with Crippen molar-refractivity contribution in [2.75, 3.05) is 95.0 Å². The molecule has 6 aromatic heterocycles. The van der Waals surface area contributed by atoms with Crippen molar-refractivity contribution < 1.29 is 62.6 Å². The Morgan fingerprint density at radius 3 is 1.03 bits per heavy atom. The number of anilines is 3. The van der Waals surface area contributed by atoms with Gasteiger partial charge in [-0.05, 0) is 125 Å². The molecule has 3 fully saturated rings. The van der Waals surface area contributed by atoms with E-state index in [1.165, 1.54) is 34.0 Å². The fraction of sp³-hybridized carbons (Fsp3) is 0.415. The van der Waals surface area contributed by atoms with Gasteiger partial charge < -0.3 is 76.1 Å². The van der Waals surface area contributed by atoms with Gasteiger partial charge in [0.25, 0.3) is 17.7 Å². The normalized spacial score (nSPS) is 17.4. The number of thiophene rings is 3. The number of aryl methyl sites for hydroxylation is 1. The number of benzene rings is 3. The van der Waals surface area contributed by atoms with Crippen molar-refractivity contribution in [3.63, 3.8) is 0 Å². The Hall–Kier alpha value is -8.57. The second-order valence-electron chi connectivity index (χ2n) is 29.1. The number of carbonyl (C=O) groups excluding carboxylic acids is 6. The van der Waals surface area contributed by atoms with Crippen LogP contribution < -0.4 is 31.9 Å². The molecule has 15 rings (SSSR count). The highest BCUT2D eigenvalue weighted by molar-refractivity contribution is 7.16. The molecule has 117 heavy (non-hydrogen) atoms. The van der Waals surface area contributed by atoms with Gasteiger partial charge in [0, 0.05) is 126 Å². The molecule has 0 radical (unpaired) electrons. The van der Waals surface area contributed by atoms with Gasteiger partial charge in [-0.1, -0.05) is 112 Å². The first-order valence-electron chi connectivity index (χ1n) is 38.7. The minimum atomic E-state index is -0.736. The van der Waals surface area contributed by atoms with Gasteiger partial charge >= 0.3 is 0 Å². The number of halogens is 5. The monoisotopic (exact) mass is 1750 g/mol. The van der Waals surface area contributed by atoms with Gasteiger partial charge in [0.1, 0.15) is 35.2 Å². The summed E-state index contributed by atoms with van der Waals surface area (Å²) in [5.41, 5.74) is 6.60. The molecule has 6 atom stereocenters. The van der Waals surface area contributed by atoms with Gasteiger partial charge in [0.05, 0.1) is 103 Å². The number of hydrogen-bond acceptors (Lipinski definition) is 24. The van der Waals surface area contributed by atoms with E-state index in [0.29, 0.717) is 166 Å². The third kappa shape index (κ3) is 21.2. The van der Waals surface area contributed by atoms with E-state index in [2.05, 4.69) is 61.8 Å². The summed E-state index contributed by atoms with van der Waals surface area (Å²) in [6.45, 7) is 11.6. The van der Waals surface area contributed by atoms with Crippen molar-refractivity contribution in [2.45, 2.75) is 140 Å². The average molecular weight is 1760 g/mol. The highest BCUT2D eigenvalue weighted by atomic mass is 35.5. The maximum Gasteiger partial charge on any atom is 0.255 e. The molecule has 6 aliphatic heterocycles. The van der Waals surface area contributed by atoms with E-state index < -0.39 is 36.3 Å². The van der Waals surface area contributed by atoms with Gasteiger partial charge in [-0.2, -0.15) is 0 Å². The van der Waals surface area contributed by atoms with E-state index in [1.54, 1.807) is 115 Å². The van der Waals surface area contributed by atoms with Crippen molar-refractivity contribution in [3.05, 3.63) is 188 Å². The number of aromatic nitrogens is 6. The number of amides is 6. The van der Waals surface area contributed by atoms with Crippen molar-refractivity contribution in [3.8, 4) is 31.7 Å². The Labute approximate surface area is 718 Å². The van der Waals surface area contributed by atoms with Crippen LogP contribution in [0, 0.1) is 6.92 Å². The number of nitrogens with one attached hydrogen (secondary N) is 6. The molecule has 0 bridgehead atoms. The summed E-state index contributed by atoms with van der Waals surface area (Å²) in [6, 6.07) is 23.7. The molecule has 0 saturated carbocycles. The summed E-state index contributed by atoms with van der Waals surface area (Å²) in [4.78, 5) is 117. The van der Waals surface area contributed by atoms with Crippen LogP contribution in [0.15, 0.2) is 110 Å². The number of fused-ring (bicyclic) bond motifs is 3. The fourth-order valence-corrected chi connectivity index (χ4v) is 19.1. The SMILES string of the molecule is C[C@@H](C(=O)N[C@H](CO)c1cccc(Cl)c1)N1CCc2sc(-c3nc(NC4CCOCC4)ncc3Cl)cc2C1=O.C[C@H](C(=O)N[C@H](CO)c1cccc(Cl)c1)N1CCc2sc(-c3nc(NC4CCOCC4)ncc3Cl)cc2C1=O.Cc1cccc([C@@H](CO)NC(=O)[C@@H](C)N2CCc3sc(-c4nc(NC5CCOCC5)ncc4Cl)cc3C2=O)c1.[HH].[HH].[HH]. The zero-order valence-corrected chi connectivity index (χ0v) is 70.8. The number of nitrogens with zero attached hydrogens (tertiary/aromatic N) is 9. The molecule has 0 spiro atoms. The number of carbonyl (C=O) groups is 6. The van der Waals surface area contributed by atoms with Gasteiger partial charge in [0.15, 0.2) is 0 Å². The van der Waals surface area contributed by atoms with Crippen LogP contribution in [-0.4, -0.2) is 211 Å². The number of aliphatic hydroxyl groups is 3. The Bertz CT molecular complexity index is 4600. The van der Waals surface area contributed by atoms with Gasteiger partial charge in [-0.3, -0.25) is 28.8 Å². The number of ether oxygens (including phenoxy) is 3. The third-order valence-corrected chi connectivity index (χ3v) is 26.1. The molecule has 3 aromatic carbocycles. The number of rotatable bonds is 24. The molecular weight excluding hydrogens is 1660 g/mol. The lowest BCUT2D eigenvalue weighted by molar-refractivity contribution is -0.127. The Morgan fingerprint density at radius 1 is 0.453 bits per heavy atom. The first-order valence-corrected chi connectivity index (χ1v) is 43.1. The second kappa shape index (κ2) is 40.0. The maximum absolute atomic E-state index is 13.5. The highest BCUT2D eigenvalue weighted by Crippen LogP contribution is 2.42. The van der Waals surface area contributed by atoms with Gasteiger partial charge in [0.2, 0.25) is 35.6 Å². The van der Waals surface area contributed by atoms with Crippen molar-refractivity contribution in [1.29, 1.82) is 0 Å². The molecule has 6 amide bonds. The van der Waals surface area contributed by atoms with Crippen LogP contribution in [0.25, 0.3) is 31.7 Å². The van der Waals surface area contributed by atoms with Crippen LogP contribution >= 0.6 is 92.0 Å². The molecule has 35 heteroatoms. The van der Waals surface area contributed by atoms with E-state index in [0.717, 1.165) is 78.9 Å². The van der Waals surface area contributed by atoms with Crippen molar-refractivity contribution in [2.24, 2.45) is 0 Å². The predicted octanol–water partition coefficient (Wildman–Crippen LogP) is 13.4. The lowest BCUT2D eigenvalue weighted by Gasteiger charge is -2.32. The Balaban J connectivity index is 0.000000187. The standard InChI is InChI=1S/C28H32ClN5O4S.2C27H29Cl2N5O4S.3H2/c1-16-4-3-5-18(12-16)22(15-35)32-26(36)17(2)34-9-6-23-20(27(34)37)13-24(39-23)25-21(29)14-30-28(33-25)31-19-7-10-38-11-8-19;2*1-15(25(36)32-21(14-35)16-3-2-4-17(28)11-16)34-8-5-22-19(26(34)37)12-23(39-22)24-20(29)13-30-27(33-24)31-18-6-9-38-10-7-18;;;/h3-5,12-14,17,19,22,35H,6-11,15H2,1-2H3,(H,32,36)(H,30,31,33);2*2-4,11-13,15,18,21,35H,5-10,14H2,1H3,(H,32,36)(H,30,31,33);3*1H/t17-,22-;15-,21+;15-,21-;;;/m101.../s1. The van der Waals surface area contributed by atoms with Crippen LogP contribution in [0.3, 0.4) is 0 Å². The van der Waals surface area contributed by atoms with Gasteiger partial charge in [-0.25, -0.2) is 29.9 Å². The van der Waals surface area contributed by atoms with E-state index in [4.69, 9.17) is 72.2 Å². The van der Waals surface area contributed by atoms with Crippen LogP contribution in [0.4, 0.5) is 17.8 Å². The Kier molecular flexibility index (Phi) is 29.5. The smallest absolute Gasteiger partial charge is 0.255 e. The minimum Gasteiger partial charge on any atom is -0.394 e. The fourth-order valence-electron chi connectivity index (χ4n) is 14.5. The zero-order valence-electron chi connectivity index (χ0n) is 64.6. The minimum absolute atomic E-state index is 0. The van der Waals surface area contributed by atoms with Crippen LogP contribution in [0.5, 0.6) is 0 Å². The molecule has 6 aliphatic rings. The van der Waals surface area contributed by atoms with E-state index >= 15 is 0 Å². The van der Waals surface area contributed by atoms with Crippen LogP contribution in [0.1, 0.15) is 150 Å². The van der Waals surface area contributed by atoms with Gasteiger partial charge in [-0.15, -0.1) is 34.0 Å². The summed E-state index contributed by atoms with van der Waals surface area (Å²) < 4.78 is 16.3.